The van der Waals surface area contributed by atoms with Gasteiger partial charge < -0.3 is 18.9 Å². The molecule has 97 heavy (non-hydrogen) atoms. The lowest BCUT2D eigenvalue weighted by atomic mass is 9.33. The van der Waals surface area contributed by atoms with Crippen LogP contribution in [0, 0.1) is 6.57 Å². The molecule has 0 spiro atoms. The van der Waals surface area contributed by atoms with E-state index in [-0.39, 0.29) is 6.71 Å². The number of hydrogen-bond donors (Lipinski definition) is 0. The van der Waals surface area contributed by atoms with Crippen LogP contribution in [0.2, 0.25) is 0 Å². The van der Waals surface area contributed by atoms with E-state index in [0.29, 0.717) is 5.69 Å². The van der Waals surface area contributed by atoms with E-state index >= 15 is 0 Å². The molecule has 0 amide bonds. The fourth-order valence-corrected chi connectivity index (χ4v) is 15.7. The maximum Gasteiger partial charge on any atom is 0.252 e. The van der Waals surface area contributed by atoms with Gasteiger partial charge in [0.05, 0.1) is 40.0 Å². The topological polar surface area (TPSA) is 20.7 Å². The summed E-state index contributed by atoms with van der Waals surface area (Å²) in [6.45, 7) is 8.18. The monoisotopic (exact) mass is 1230 g/mol. The highest BCUT2D eigenvalue weighted by atomic mass is 15.2. The van der Waals surface area contributed by atoms with Crippen LogP contribution >= 0.6 is 0 Å². The summed E-state index contributed by atoms with van der Waals surface area (Å²) in [6, 6.07) is 129. The number of benzene rings is 15. The molecule has 0 fully saturated rings. The van der Waals surface area contributed by atoms with Gasteiger partial charge in [0.2, 0.25) is 0 Å². The fraction of sp³-hybridized carbons (Fsp3) is 0. The molecule has 0 aliphatic carbocycles. The third-order valence-electron chi connectivity index (χ3n) is 20.1. The van der Waals surface area contributed by atoms with Gasteiger partial charge in [0.15, 0.2) is 5.69 Å². The SMILES string of the molecule is [C-]#[N+]c1ccc(-n2c3ccccc3c3ccccc32)c(-c2ccccc2-n2c3ccccc3c3cc(-c4cc5c6c(c4)N(c4ccc(-c7ccccc7)cc4)c4ccc(-c7ccccc7)cc4B6c4cc(-c6ccccc6)ccc4N5c4ccc(-c5ccccc5)cc4)ccc32)c1. The van der Waals surface area contributed by atoms with Crippen LogP contribution in [0.25, 0.3) is 127 Å². The predicted molar refractivity (Wildman–Crippen MR) is 408 cm³/mol. The average Bonchev–Trinajstić information content (AvgIpc) is 1.23. The van der Waals surface area contributed by atoms with Crippen molar-refractivity contribution in [3.05, 3.63) is 363 Å². The number of anilines is 6. The Morgan fingerprint density at radius 1 is 0.237 bits per heavy atom. The van der Waals surface area contributed by atoms with Crippen molar-refractivity contribution >= 4 is 107 Å². The molecule has 4 heterocycles. The van der Waals surface area contributed by atoms with Crippen LogP contribution in [0.4, 0.5) is 39.8 Å². The van der Waals surface area contributed by atoms with Crippen molar-refractivity contribution in [1.29, 1.82) is 0 Å². The quantitative estimate of drug-likeness (QED) is 0.100. The summed E-state index contributed by atoms with van der Waals surface area (Å²) in [4.78, 5) is 9.11. The summed E-state index contributed by atoms with van der Waals surface area (Å²) in [5.74, 6) is 0. The molecule has 15 aromatic carbocycles. The Labute approximate surface area is 563 Å². The van der Waals surface area contributed by atoms with E-state index in [0.717, 1.165) is 112 Å². The Hall–Kier alpha value is -12.9. The minimum absolute atomic E-state index is 0.150. The first-order valence-electron chi connectivity index (χ1n) is 33.2. The summed E-state index contributed by atoms with van der Waals surface area (Å²) >= 11 is 0. The Bertz CT molecular complexity index is 5760. The highest BCUT2D eigenvalue weighted by Crippen LogP contribution is 2.49. The third kappa shape index (κ3) is 9.09. The van der Waals surface area contributed by atoms with Crippen LogP contribution in [0.1, 0.15) is 0 Å². The van der Waals surface area contributed by atoms with Gasteiger partial charge in [-0.2, -0.15) is 0 Å². The van der Waals surface area contributed by atoms with E-state index in [1.165, 1.54) is 60.5 Å². The number of aromatic nitrogens is 2. The Morgan fingerprint density at radius 3 is 1.08 bits per heavy atom. The molecule has 0 saturated heterocycles. The second-order valence-corrected chi connectivity index (χ2v) is 25.4. The van der Waals surface area contributed by atoms with Gasteiger partial charge >= 0.3 is 0 Å². The van der Waals surface area contributed by atoms with Crippen molar-refractivity contribution in [3.8, 4) is 78.1 Å². The van der Waals surface area contributed by atoms with Gasteiger partial charge in [0.1, 0.15) is 0 Å². The summed E-state index contributed by atoms with van der Waals surface area (Å²) in [7, 11) is 0. The average molecular weight is 1230 g/mol. The Morgan fingerprint density at radius 2 is 0.598 bits per heavy atom. The van der Waals surface area contributed by atoms with E-state index < -0.39 is 0 Å². The van der Waals surface area contributed by atoms with E-state index in [2.05, 4.69) is 370 Å². The molecule has 6 heteroatoms. The van der Waals surface area contributed by atoms with Gasteiger partial charge in [0.25, 0.3) is 6.71 Å². The standard InChI is InChI=1S/C91H58BN5/c1-93-70-45-53-86(96-81-34-18-14-30-73(81)74-31-15-19-35-82(74)96)78(59-70)76-33-17-21-37-84(76)97-83-36-20-16-32-75(83)77-54-66(42-50-85(77)97)69-57-89-91-90(58-69)95(72-48-40-65(41-49-72)61-24-8-3-9-25-61)88-52-44-68(63-28-12-5-13-29-63)56-80(88)92(91)79-55-67(62-26-10-4-11-27-62)43-51-87(79)94(89)71-46-38-64(39-47-71)60-22-6-2-7-23-60/h2-59H. The normalized spacial score (nSPS) is 12.3. The summed E-state index contributed by atoms with van der Waals surface area (Å²) in [5.41, 5.74) is 31.1. The van der Waals surface area contributed by atoms with Crippen molar-refractivity contribution in [2.75, 3.05) is 9.80 Å². The number of nitrogens with zero attached hydrogens (tertiary/aromatic N) is 5. The molecular weight excluding hydrogens is 1170 g/mol. The van der Waals surface area contributed by atoms with Crippen LogP contribution < -0.4 is 26.2 Å². The zero-order chi connectivity index (χ0) is 64.1. The first kappa shape index (κ1) is 55.7. The molecule has 19 rings (SSSR count). The molecule has 450 valence electrons. The maximum atomic E-state index is 8.33. The molecular formula is C91H58BN5. The second kappa shape index (κ2) is 22.7. The van der Waals surface area contributed by atoms with Gasteiger partial charge in [-0.3, -0.25) is 0 Å². The van der Waals surface area contributed by atoms with E-state index in [1.54, 1.807) is 0 Å². The molecule has 5 nitrogen and oxygen atoms in total. The number of para-hydroxylation sites is 4. The van der Waals surface area contributed by atoms with Crippen molar-refractivity contribution in [1.82, 2.24) is 9.13 Å². The lowest BCUT2D eigenvalue weighted by Gasteiger charge is -2.44. The smallest absolute Gasteiger partial charge is 0.252 e. The predicted octanol–water partition coefficient (Wildman–Crippen LogP) is 22.5. The molecule has 0 unspecified atom stereocenters. The molecule has 0 bridgehead atoms. The lowest BCUT2D eigenvalue weighted by Crippen LogP contribution is -2.61. The third-order valence-corrected chi connectivity index (χ3v) is 20.1. The molecule has 2 aliphatic rings. The minimum Gasteiger partial charge on any atom is -0.311 e. The van der Waals surface area contributed by atoms with Crippen molar-refractivity contribution in [2.45, 2.75) is 0 Å². The van der Waals surface area contributed by atoms with Crippen molar-refractivity contribution in [3.63, 3.8) is 0 Å². The highest BCUT2D eigenvalue weighted by Gasteiger charge is 2.44. The Balaban J connectivity index is 0.852. The first-order valence-corrected chi connectivity index (χ1v) is 33.2. The van der Waals surface area contributed by atoms with E-state index in [4.69, 9.17) is 6.57 Å². The van der Waals surface area contributed by atoms with Gasteiger partial charge in [-0.15, -0.1) is 0 Å². The van der Waals surface area contributed by atoms with Crippen LogP contribution in [0.5, 0.6) is 0 Å². The zero-order valence-electron chi connectivity index (χ0n) is 52.8. The van der Waals surface area contributed by atoms with Crippen molar-refractivity contribution in [2.24, 2.45) is 0 Å². The lowest BCUT2D eigenvalue weighted by molar-refractivity contribution is 1.16. The first-order chi connectivity index (χ1) is 48.1. The summed E-state index contributed by atoms with van der Waals surface area (Å²) in [5, 5.41) is 4.67. The molecule has 17 aromatic rings. The van der Waals surface area contributed by atoms with Gasteiger partial charge in [-0.1, -0.05) is 255 Å². The van der Waals surface area contributed by atoms with Gasteiger partial charge in [-0.25, -0.2) is 4.85 Å². The minimum atomic E-state index is -0.150. The summed E-state index contributed by atoms with van der Waals surface area (Å²) < 4.78 is 4.81. The second-order valence-electron chi connectivity index (χ2n) is 25.4. The van der Waals surface area contributed by atoms with Crippen LogP contribution in [0.3, 0.4) is 0 Å². The van der Waals surface area contributed by atoms with Gasteiger partial charge in [-0.05, 0) is 175 Å². The molecule has 2 aromatic heterocycles. The Kier molecular flexibility index (Phi) is 13.0. The molecule has 0 N–H and O–H groups in total. The van der Waals surface area contributed by atoms with E-state index in [9.17, 15) is 0 Å². The zero-order valence-corrected chi connectivity index (χ0v) is 52.8. The molecule has 0 radical (unpaired) electrons. The van der Waals surface area contributed by atoms with Crippen LogP contribution in [0.15, 0.2) is 352 Å². The van der Waals surface area contributed by atoms with Crippen LogP contribution in [-0.2, 0) is 0 Å². The molecule has 0 atom stereocenters. The van der Waals surface area contributed by atoms with Crippen LogP contribution in [-0.4, -0.2) is 15.8 Å². The highest BCUT2D eigenvalue weighted by molar-refractivity contribution is 7.00. The fourth-order valence-electron chi connectivity index (χ4n) is 15.7. The molecule has 0 saturated carbocycles. The number of rotatable bonds is 10. The maximum absolute atomic E-state index is 8.33. The van der Waals surface area contributed by atoms with E-state index in [1.807, 2.05) is 6.07 Å². The largest absolute Gasteiger partial charge is 0.311 e. The number of fused-ring (bicyclic) bond motifs is 10. The van der Waals surface area contributed by atoms with Gasteiger partial charge in [0, 0.05) is 61.2 Å². The summed E-state index contributed by atoms with van der Waals surface area (Å²) in [6.07, 6.45) is 0. The molecule has 2 aliphatic heterocycles. The van der Waals surface area contributed by atoms with Crippen molar-refractivity contribution < 1.29 is 0 Å². The number of hydrogen-bond acceptors (Lipinski definition) is 2.